The summed E-state index contributed by atoms with van der Waals surface area (Å²) >= 11 is 0. The molecule has 2 aromatic rings. The predicted octanol–water partition coefficient (Wildman–Crippen LogP) is 3.77. The van der Waals surface area contributed by atoms with Crippen molar-refractivity contribution in [2.24, 2.45) is 0 Å². The van der Waals surface area contributed by atoms with E-state index in [0.29, 0.717) is 11.1 Å². The number of carbonyl (C=O) groups excluding carboxylic acids is 4. The molecular weight excluding hydrogens is 384 g/mol. The van der Waals surface area contributed by atoms with Crippen molar-refractivity contribution in [2.45, 2.75) is 26.7 Å². The van der Waals surface area contributed by atoms with E-state index < -0.39 is 23.5 Å². The second kappa shape index (κ2) is 8.29. The number of allylic oxidation sites excluding steroid dienone is 2. The van der Waals surface area contributed by atoms with Crippen LogP contribution in [0.15, 0.2) is 49.6 Å². The Morgan fingerprint density at radius 3 is 1.47 bits per heavy atom. The van der Waals surface area contributed by atoms with Gasteiger partial charge in [0, 0.05) is 36.1 Å². The van der Waals surface area contributed by atoms with Crippen LogP contribution in [0, 0.1) is 0 Å². The fourth-order valence-corrected chi connectivity index (χ4v) is 3.62. The molecule has 0 heterocycles. The summed E-state index contributed by atoms with van der Waals surface area (Å²) in [5, 5.41) is 0. The third-order valence-corrected chi connectivity index (χ3v) is 4.68. The minimum absolute atomic E-state index is 0.0157. The first kappa shape index (κ1) is 20.9. The lowest BCUT2D eigenvalue weighted by atomic mass is 9.79. The molecule has 152 valence electrons. The highest BCUT2D eigenvalue weighted by molar-refractivity contribution is 6.30. The quantitative estimate of drug-likeness (QED) is 0.353. The van der Waals surface area contributed by atoms with E-state index in [2.05, 4.69) is 13.2 Å². The number of hydrogen-bond donors (Lipinski definition) is 0. The van der Waals surface area contributed by atoms with Crippen LogP contribution in [0.4, 0.5) is 0 Å². The van der Waals surface area contributed by atoms with E-state index in [4.69, 9.17) is 9.47 Å². The Balaban J connectivity index is 2.52. The fourth-order valence-electron chi connectivity index (χ4n) is 3.62. The zero-order valence-electron chi connectivity index (χ0n) is 16.7. The molecule has 0 atom stereocenters. The van der Waals surface area contributed by atoms with Crippen molar-refractivity contribution >= 4 is 23.5 Å². The molecule has 0 radical (unpaired) electrons. The van der Waals surface area contributed by atoms with Crippen molar-refractivity contribution in [2.75, 3.05) is 0 Å². The molecule has 30 heavy (non-hydrogen) atoms. The Bertz CT molecular complexity index is 1040. The second-order valence-electron chi connectivity index (χ2n) is 6.74. The standard InChI is InChI=1S/C24H20O6/c1-5-9-17-18(10-6-2)24(30-14(4)26)20-19(23(17)29-13(3)25)21(27)15-11-7-8-12-16(15)22(20)28/h5-8,11-12H,1-2,9-10H2,3-4H3. The Hall–Kier alpha value is -3.80. The highest BCUT2D eigenvalue weighted by atomic mass is 16.5. The summed E-state index contributed by atoms with van der Waals surface area (Å²) in [7, 11) is 0. The van der Waals surface area contributed by atoms with Crippen molar-refractivity contribution in [1.82, 2.24) is 0 Å². The largest absolute Gasteiger partial charge is 0.426 e. The van der Waals surface area contributed by atoms with Crippen LogP contribution >= 0.6 is 0 Å². The first-order valence-corrected chi connectivity index (χ1v) is 9.30. The molecule has 0 bridgehead atoms. The number of rotatable bonds is 6. The number of ether oxygens (including phenoxy) is 2. The highest BCUT2D eigenvalue weighted by Gasteiger charge is 2.39. The van der Waals surface area contributed by atoms with Crippen LogP contribution in [0.5, 0.6) is 11.5 Å². The minimum Gasteiger partial charge on any atom is -0.426 e. The zero-order chi connectivity index (χ0) is 22.0. The molecule has 0 unspecified atom stereocenters. The van der Waals surface area contributed by atoms with Crippen LogP contribution in [0.25, 0.3) is 0 Å². The minimum atomic E-state index is -0.647. The van der Waals surface area contributed by atoms with E-state index >= 15 is 0 Å². The van der Waals surface area contributed by atoms with E-state index in [1.54, 1.807) is 24.3 Å². The van der Waals surface area contributed by atoms with Gasteiger partial charge in [0.25, 0.3) is 0 Å². The van der Waals surface area contributed by atoms with Crippen LogP contribution in [0.3, 0.4) is 0 Å². The van der Waals surface area contributed by atoms with Gasteiger partial charge >= 0.3 is 11.9 Å². The van der Waals surface area contributed by atoms with Crippen molar-refractivity contribution in [3.8, 4) is 11.5 Å². The molecule has 1 aliphatic rings. The summed E-state index contributed by atoms with van der Waals surface area (Å²) in [5.74, 6) is -2.30. The average Bonchev–Trinajstić information content (AvgIpc) is 2.69. The molecule has 1 aliphatic carbocycles. The van der Waals surface area contributed by atoms with Crippen LogP contribution in [0.2, 0.25) is 0 Å². The molecule has 6 nitrogen and oxygen atoms in total. The molecule has 0 saturated heterocycles. The summed E-state index contributed by atoms with van der Waals surface area (Å²) in [6.45, 7) is 9.87. The first-order valence-electron chi connectivity index (χ1n) is 9.30. The van der Waals surface area contributed by atoms with E-state index in [9.17, 15) is 19.2 Å². The lowest BCUT2D eigenvalue weighted by molar-refractivity contribution is -0.133. The van der Waals surface area contributed by atoms with Crippen molar-refractivity contribution < 1.29 is 28.7 Å². The summed E-state index contributed by atoms with van der Waals surface area (Å²) in [5.41, 5.74) is 1.09. The number of benzene rings is 2. The van der Waals surface area contributed by atoms with E-state index in [1.807, 2.05) is 0 Å². The van der Waals surface area contributed by atoms with Gasteiger partial charge in [-0.15, -0.1) is 13.2 Å². The molecule has 0 aromatic heterocycles. The van der Waals surface area contributed by atoms with Gasteiger partial charge in [-0.3, -0.25) is 19.2 Å². The Labute approximate surface area is 173 Å². The van der Waals surface area contributed by atoms with E-state index in [-0.39, 0.29) is 46.6 Å². The number of fused-ring (bicyclic) bond motifs is 2. The summed E-state index contributed by atoms with van der Waals surface area (Å²) < 4.78 is 10.9. The monoisotopic (exact) mass is 404 g/mol. The first-order chi connectivity index (χ1) is 14.3. The zero-order valence-corrected chi connectivity index (χ0v) is 16.7. The van der Waals surface area contributed by atoms with Gasteiger partial charge in [0.1, 0.15) is 11.5 Å². The third kappa shape index (κ3) is 3.48. The summed E-state index contributed by atoms with van der Waals surface area (Å²) in [4.78, 5) is 50.5. The molecule has 0 saturated carbocycles. The molecule has 3 rings (SSSR count). The summed E-state index contributed by atoms with van der Waals surface area (Å²) in [6, 6.07) is 6.35. The van der Waals surface area contributed by atoms with Crippen LogP contribution < -0.4 is 9.47 Å². The molecular formula is C24H20O6. The number of carbonyl (C=O) groups is 4. The van der Waals surface area contributed by atoms with Crippen LogP contribution in [-0.2, 0) is 22.4 Å². The normalized spacial score (nSPS) is 11.9. The van der Waals surface area contributed by atoms with Gasteiger partial charge in [0.2, 0.25) is 0 Å². The van der Waals surface area contributed by atoms with Crippen molar-refractivity contribution in [1.29, 1.82) is 0 Å². The Kier molecular flexibility index (Phi) is 5.78. The smallest absolute Gasteiger partial charge is 0.308 e. The van der Waals surface area contributed by atoms with Gasteiger partial charge in [-0.2, -0.15) is 0 Å². The third-order valence-electron chi connectivity index (χ3n) is 4.68. The maximum absolute atomic E-state index is 13.4. The number of hydrogen-bond acceptors (Lipinski definition) is 6. The highest BCUT2D eigenvalue weighted by Crippen LogP contribution is 2.45. The van der Waals surface area contributed by atoms with Gasteiger partial charge in [-0.1, -0.05) is 36.4 Å². The maximum Gasteiger partial charge on any atom is 0.308 e. The summed E-state index contributed by atoms with van der Waals surface area (Å²) in [6.07, 6.45) is 3.58. The maximum atomic E-state index is 13.4. The van der Waals surface area contributed by atoms with Crippen LogP contribution in [0.1, 0.15) is 56.8 Å². The van der Waals surface area contributed by atoms with Crippen LogP contribution in [-0.4, -0.2) is 23.5 Å². The lowest BCUT2D eigenvalue weighted by Crippen LogP contribution is -2.26. The molecule has 0 aliphatic heterocycles. The predicted molar refractivity (Wildman–Crippen MR) is 110 cm³/mol. The number of ketones is 2. The lowest BCUT2D eigenvalue weighted by Gasteiger charge is -2.26. The Morgan fingerprint density at radius 2 is 1.17 bits per heavy atom. The molecule has 0 spiro atoms. The molecule has 0 amide bonds. The van der Waals surface area contributed by atoms with Crippen molar-refractivity contribution in [3.05, 3.63) is 83.0 Å². The molecule has 0 N–H and O–H groups in total. The van der Waals surface area contributed by atoms with Crippen molar-refractivity contribution in [3.63, 3.8) is 0 Å². The van der Waals surface area contributed by atoms with E-state index in [1.165, 1.54) is 26.0 Å². The molecule has 0 fully saturated rings. The Morgan fingerprint density at radius 1 is 0.800 bits per heavy atom. The topological polar surface area (TPSA) is 86.7 Å². The number of esters is 2. The second-order valence-corrected chi connectivity index (χ2v) is 6.74. The van der Waals surface area contributed by atoms with Gasteiger partial charge in [-0.25, -0.2) is 0 Å². The average molecular weight is 404 g/mol. The van der Waals surface area contributed by atoms with Gasteiger partial charge < -0.3 is 9.47 Å². The van der Waals surface area contributed by atoms with Gasteiger partial charge in [-0.05, 0) is 12.8 Å². The fraction of sp³-hybridized carbons (Fsp3) is 0.167. The molecule has 2 aromatic carbocycles. The van der Waals surface area contributed by atoms with Gasteiger partial charge in [0.05, 0.1) is 11.1 Å². The molecule has 6 heteroatoms. The SMILES string of the molecule is C=CCc1c(CC=C)c(OC(C)=O)c2c(c1OC(C)=O)C(=O)c1ccccc1C2=O. The van der Waals surface area contributed by atoms with Gasteiger partial charge in [0.15, 0.2) is 11.6 Å². The van der Waals surface area contributed by atoms with E-state index in [0.717, 1.165) is 0 Å².